The smallest absolute Gasteiger partial charge is 0.312 e. The van der Waals surface area contributed by atoms with Gasteiger partial charge in [-0.05, 0) is 29.7 Å². The summed E-state index contributed by atoms with van der Waals surface area (Å²) in [5.41, 5.74) is 1.78. The highest BCUT2D eigenvalue weighted by molar-refractivity contribution is 7.89. The van der Waals surface area contributed by atoms with Gasteiger partial charge in [0, 0.05) is 32.2 Å². The van der Waals surface area contributed by atoms with Crippen LogP contribution in [0.1, 0.15) is 25.0 Å². The molecular formula is C21H25N3O6S. The number of fused-ring (bicyclic) bond motifs is 1. The maximum Gasteiger partial charge on any atom is 0.312 e. The molecule has 10 heteroatoms. The van der Waals surface area contributed by atoms with Gasteiger partial charge in [0.2, 0.25) is 10.0 Å². The van der Waals surface area contributed by atoms with Crippen molar-refractivity contribution in [1.82, 2.24) is 9.21 Å². The van der Waals surface area contributed by atoms with Crippen molar-refractivity contribution in [1.29, 1.82) is 0 Å². The molecule has 1 heterocycles. The topological polar surface area (TPSA) is 110 Å². The van der Waals surface area contributed by atoms with Crippen molar-refractivity contribution in [3.8, 4) is 5.75 Å². The van der Waals surface area contributed by atoms with Gasteiger partial charge in [-0.3, -0.25) is 14.9 Å². The third-order valence-corrected chi connectivity index (χ3v) is 7.35. The van der Waals surface area contributed by atoms with Crippen LogP contribution in [0.5, 0.6) is 5.75 Å². The average Bonchev–Trinajstić information content (AvgIpc) is 2.77. The van der Waals surface area contributed by atoms with Gasteiger partial charge >= 0.3 is 5.69 Å². The Morgan fingerprint density at radius 2 is 1.84 bits per heavy atom. The molecule has 9 nitrogen and oxygen atoms in total. The number of nitro benzene ring substituents is 1. The Morgan fingerprint density at radius 3 is 2.48 bits per heavy atom. The number of sulfonamides is 1. The zero-order valence-electron chi connectivity index (χ0n) is 17.5. The Labute approximate surface area is 181 Å². The fourth-order valence-electron chi connectivity index (χ4n) is 3.57. The quantitative estimate of drug-likeness (QED) is 0.454. The Balaban J connectivity index is 1.74. The number of nitro groups is 1. The van der Waals surface area contributed by atoms with Crippen LogP contribution in [-0.4, -0.2) is 54.7 Å². The van der Waals surface area contributed by atoms with Gasteiger partial charge in [0.25, 0.3) is 5.91 Å². The molecular weight excluding hydrogens is 422 g/mol. The highest BCUT2D eigenvalue weighted by Crippen LogP contribution is 2.31. The van der Waals surface area contributed by atoms with E-state index in [1.807, 2.05) is 24.3 Å². The molecule has 0 aromatic heterocycles. The number of nitrogens with zero attached hydrogens (tertiary/aromatic N) is 3. The molecule has 0 fully saturated rings. The summed E-state index contributed by atoms with van der Waals surface area (Å²) >= 11 is 0. The monoisotopic (exact) mass is 447 g/mol. The van der Waals surface area contributed by atoms with Crippen LogP contribution >= 0.6 is 0 Å². The second-order valence-corrected chi connectivity index (χ2v) is 9.04. The van der Waals surface area contributed by atoms with Crippen molar-refractivity contribution in [3.63, 3.8) is 0 Å². The maximum atomic E-state index is 12.7. The molecule has 2 aromatic carbocycles. The molecule has 0 radical (unpaired) electrons. The van der Waals surface area contributed by atoms with E-state index in [4.69, 9.17) is 4.74 Å². The molecule has 0 saturated heterocycles. The Bertz CT molecular complexity index is 1080. The minimum Gasteiger partial charge on any atom is -0.477 e. The zero-order valence-corrected chi connectivity index (χ0v) is 18.3. The van der Waals surface area contributed by atoms with Crippen LogP contribution in [0.4, 0.5) is 5.69 Å². The standard InChI is InChI=1S/C21H25N3O6S/c1-3-23(4-2)31(28,29)18-9-10-20(19(13-18)24(26)27)30-15-21(25)22-12-11-16-7-5-6-8-17(16)14-22/h5-10,13H,3-4,11-12,14-15H2,1-2H3. The van der Waals surface area contributed by atoms with Crippen molar-refractivity contribution < 1.29 is 22.9 Å². The van der Waals surface area contributed by atoms with Crippen molar-refractivity contribution in [2.75, 3.05) is 26.2 Å². The lowest BCUT2D eigenvalue weighted by Crippen LogP contribution is -2.38. The number of hydrogen-bond acceptors (Lipinski definition) is 6. The number of benzene rings is 2. The fraction of sp³-hybridized carbons (Fsp3) is 0.381. The second kappa shape index (κ2) is 9.44. The summed E-state index contributed by atoms with van der Waals surface area (Å²) in [7, 11) is -3.85. The van der Waals surface area contributed by atoms with E-state index in [0.29, 0.717) is 13.1 Å². The fourth-order valence-corrected chi connectivity index (χ4v) is 5.05. The molecule has 2 aromatic rings. The maximum absolute atomic E-state index is 12.7. The number of amides is 1. The van der Waals surface area contributed by atoms with Crippen molar-refractivity contribution in [2.24, 2.45) is 0 Å². The summed E-state index contributed by atoms with van der Waals surface area (Å²) in [6.07, 6.45) is 0.736. The highest BCUT2D eigenvalue weighted by Gasteiger charge is 2.27. The first-order valence-corrected chi connectivity index (χ1v) is 11.5. The van der Waals surface area contributed by atoms with E-state index in [0.717, 1.165) is 18.1 Å². The molecule has 0 atom stereocenters. The SMILES string of the molecule is CCN(CC)S(=O)(=O)c1ccc(OCC(=O)N2CCc3ccccc3C2)c([N+](=O)[O-])c1. The summed E-state index contributed by atoms with van der Waals surface area (Å²) < 4.78 is 32.0. The molecule has 1 aliphatic rings. The van der Waals surface area contributed by atoms with E-state index in [9.17, 15) is 23.3 Å². The molecule has 0 aliphatic carbocycles. The van der Waals surface area contributed by atoms with Gasteiger partial charge in [-0.15, -0.1) is 0 Å². The minimum absolute atomic E-state index is 0.144. The molecule has 1 aliphatic heterocycles. The first kappa shape index (κ1) is 22.7. The number of rotatable bonds is 8. The summed E-state index contributed by atoms with van der Waals surface area (Å²) in [5.74, 6) is -0.433. The van der Waals surface area contributed by atoms with Gasteiger partial charge in [-0.1, -0.05) is 38.1 Å². The van der Waals surface area contributed by atoms with Crippen LogP contribution in [0.3, 0.4) is 0 Å². The molecule has 0 saturated carbocycles. The summed E-state index contributed by atoms with van der Waals surface area (Å²) in [6.45, 7) is 4.51. The Kier molecular flexibility index (Phi) is 6.91. The molecule has 3 rings (SSSR count). The third-order valence-electron chi connectivity index (χ3n) is 5.30. The normalized spacial score (nSPS) is 13.7. The molecule has 166 valence electrons. The van der Waals surface area contributed by atoms with E-state index in [2.05, 4.69) is 0 Å². The van der Waals surface area contributed by atoms with Crippen LogP contribution in [0.25, 0.3) is 0 Å². The predicted octanol–water partition coefficient (Wildman–Crippen LogP) is 2.59. The molecule has 0 unspecified atom stereocenters. The van der Waals surface area contributed by atoms with Gasteiger partial charge in [0.05, 0.1) is 9.82 Å². The number of carbonyl (C=O) groups excluding carboxylic acids is 1. The zero-order chi connectivity index (χ0) is 22.6. The van der Waals surface area contributed by atoms with Crippen LogP contribution in [0, 0.1) is 10.1 Å². The number of ether oxygens (including phenoxy) is 1. The first-order valence-electron chi connectivity index (χ1n) is 10.0. The molecule has 31 heavy (non-hydrogen) atoms. The molecule has 0 spiro atoms. The van der Waals surface area contributed by atoms with Crippen molar-refractivity contribution in [2.45, 2.75) is 31.7 Å². The first-order chi connectivity index (χ1) is 14.8. The second-order valence-electron chi connectivity index (χ2n) is 7.10. The van der Waals surface area contributed by atoms with Gasteiger partial charge in [-0.25, -0.2) is 8.42 Å². The average molecular weight is 448 g/mol. The molecule has 0 N–H and O–H groups in total. The van der Waals surface area contributed by atoms with Gasteiger partial charge in [-0.2, -0.15) is 4.31 Å². The lowest BCUT2D eigenvalue weighted by molar-refractivity contribution is -0.386. The lowest BCUT2D eigenvalue weighted by atomic mass is 10.00. The van der Waals surface area contributed by atoms with Crippen molar-refractivity contribution >= 4 is 21.6 Å². The van der Waals surface area contributed by atoms with Gasteiger partial charge in [0.15, 0.2) is 12.4 Å². The van der Waals surface area contributed by atoms with E-state index in [-0.39, 0.29) is 36.2 Å². The summed E-state index contributed by atoms with van der Waals surface area (Å²) in [5, 5.41) is 11.5. The van der Waals surface area contributed by atoms with E-state index in [1.54, 1.807) is 18.7 Å². The van der Waals surface area contributed by atoms with Crippen LogP contribution in [-0.2, 0) is 27.8 Å². The van der Waals surface area contributed by atoms with Gasteiger partial charge < -0.3 is 9.64 Å². The van der Waals surface area contributed by atoms with E-state index in [1.165, 1.54) is 22.0 Å². The van der Waals surface area contributed by atoms with E-state index >= 15 is 0 Å². The number of carbonyl (C=O) groups is 1. The Hall–Kier alpha value is -2.98. The van der Waals surface area contributed by atoms with Crippen molar-refractivity contribution in [3.05, 3.63) is 63.7 Å². The van der Waals surface area contributed by atoms with E-state index < -0.39 is 20.6 Å². The summed E-state index contributed by atoms with van der Waals surface area (Å²) in [4.78, 5) is 24.8. The van der Waals surface area contributed by atoms with Crippen LogP contribution in [0.2, 0.25) is 0 Å². The largest absolute Gasteiger partial charge is 0.477 e. The van der Waals surface area contributed by atoms with Crippen LogP contribution in [0.15, 0.2) is 47.4 Å². The summed E-state index contributed by atoms with van der Waals surface area (Å²) in [6, 6.07) is 11.3. The Morgan fingerprint density at radius 1 is 1.16 bits per heavy atom. The minimum atomic E-state index is -3.85. The lowest BCUT2D eigenvalue weighted by Gasteiger charge is -2.28. The van der Waals surface area contributed by atoms with Gasteiger partial charge in [0.1, 0.15) is 0 Å². The highest BCUT2D eigenvalue weighted by atomic mass is 32.2. The third kappa shape index (κ3) is 4.86. The predicted molar refractivity (Wildman–Crippen MR) is 114 cm³/mol. The number of hydrogen-bond donors (Lipinski definition) is 0. The molecule has 0 bridgehead atoms. The molecule has 1 amide bonds. The van der Waals surface area contributed by atoms with Crippen LogP contribution < -0.4 is 4.74 Å².